The summed E-state index contributed by atoms with van der Waals surface area (Å²) in [6.07, 6.45) is 0. The van der Waals surface area contributed by atoms with Gasteiger partial charge < -0.3 is 9.30 Å². The summed E-state index contributed by atoms with van der Waals surface area (Å²) in [4.78, 5) is 17.3. The van der Waals surface area contributed by atoms with E-state index in [9.17, 15) is 4.79 Å². The summed E-state index contributed by atoms with van der Waals surface area (Å²) in [6, 6.07) is 17.8. The van der Waals surface area contributed by atoms with E-state index < -0.39 is 0 Å². The Morgan fingerprint density at radius 2 is 1.80 bits per heavy atom. The minimum atomic E-state index is -0.372. The molecule has 0 fully saturated rings. The van der Waals surface area contributed by atoms with Crippen molar-refractivity contribution >= 4 is 28.6 Å². The molecule has 0 aliphatic heterocycles. The van der Waals surface area contributed by atoms with Gasteiger partial charge in [0.05, 0.1) is 23.9 Å². The second-order valence-corrected chi connectivity index (χ2v) is 7.71. The summed E-state index contributed by atoms with van der Waals surface area (Å²) < 4.78 is 7.12. The van der Waals surface area contributed by atoms with Gasteiger partial charge in [-0.15, -0.1) is 10.2 Å². The van der Waals surface area contributed by atoms with Gasteiger partial charge in [0.25, 0.3) is 0 Å². The predicted molar refractivity (Wildman–Crippen MR) is 119 cm³/mol. The molecule has 152 valence electrons. The first kappa shape index (κ1) is 20.1. The number of aryl methyl sites for hydroxylation is 1. The molecule has 7 heteroatoms. The van der Waals surface area contributed by atoms with Crippen LogP contribution in [-0.4, -0.2) is 32.8 Å². The first-order chi connectivity index (χ1) is 14.6. The predicted octanol–water partition coefficient (Wildman–Crippen LogP) is 4.90. The number of methoxy groups -OCH3 is 1. The highest BCUT2D eigenvalue weighted by atomic mass is 32.2. The third-order valence-electron chi connectivity index (χ3n) is 5.02. The van der Waals surface area contributed by atoms with Gasteiger partial charge in [-0.2, -0.15) is 0 Å². The number of hydrogen-bond acceptors (Lipinski definition) is 6. The van der Waals surface area contributed by atoms with Gasteiger partial charge in [-0.1, -0.05) is 60.3 Å². The fourth-order valence-corrected chi connectivity index (χ4v) is 4.48. The number of rotatable bonds is 6. The SMILES string of the molecule is CCn1c(SCc2nc3ccccc3c(C)c2C(=O)OC)nnc1-c1ccccc1. The minimum absolute atomic E-state index is 0.372. The molecule has 0 amide bonds. The largest absolute Gasteiger partial charge is 0.465 e. The van der Waals surface area contributed by atoms with Crippen LogP contribution in [0.5, 0.6) is 0 Å². The number of thioether (sulfide) groups is 1. The summed E-state index contributed by atoms with van der Waals surface area (Å²) in [5.74, 6) is 0.947. The fraction of sp³-hybridized carbons (Fsp3) is 0.217. The number of aromatic nitrogens is 4. The van der Waals surface area contributed by atoms with Crippen LogP contribution in [0.2, 0.25) is 0 Å². The molecule has 0 aliphatic rings. The highest BCUT2D eigenvalue weighted by Gasteiger charge is 2.21. The van der Waals surface area contributed by atoms with E-state index in [0.29, 0.717) is 17.0 Å². The molecule has 30 heavy (non-hydrogen) atoms. The van der Waals surface area contributed by atoms with E-state index in [4.69, 9.17) is 9.72 Å². The Morgan fingerprint density at radius 1 is 1.07 bits per heavy atom. The van der Waals surface area contributed by atoms with Crippen molar-refractivity contribution in [2.75, 3.05) is 7.11 Å². The average Bonchev–Trinajstić information content (AvgIpc) is 3.21. The monoisotopic (exact) mass is 418 g/mol. The molecule has 0 unspecified atom stereocenters. The minimum Gasteiger partial charge on any atom is -0.465 e. The molecule has 0 spiro atoms. The quantitative estimate of drug-likeness (QED) is 0.328. The van der Waals surface area contributed by atoms with Crippen LogP contribution in [0, 0.1) is 6.92 Å². The number of ether oxygens (including phenoxy) is 1. The van der Waals surface area contributed by atoms with E-state index in [1.54, 1.807) is 0 Å². The average molecular weight is 419 g/mol. The van der Waals surface area contributed by atoms with Crippen LogP contribution < -0.4 is 0 Å². The molecule has 0 saturated heterocycles. The fourth-order valence-electron chi connectivity index (χ4n) is 3.53. The third-order valence-corrected chi connectivity index (χ3v) is 6.00. The molecule has 2 aromatic carbocycles. The highest BCUT2D eigenvalue weighted by molar-refractivity contribution is 7.98. The molecular weight excluding hydrogens is 396 g/mol. The molecule has 0 saturated carbocycles. The van der Waals surface area contributed by atoms with Crippen molar-refractivity contribution in [3.63, 3.8) is 0 Å². The summed E-state index contributed by atoms with van der Waals surface area (Å²) in [6.45, 7) is 4.75. The molecule has 6 nitrogen and oxygen atoms in total. The number of carbonyl (C=O) groups is 1. The molecule has 0 bridgehead atoms. The molecule has 4 aromatic rings. The maximum absolute atomic E-state index is 12.5. The maximum Gasteiger partial charge on any atom is 0.340 e. The Balaban J connectivity index is 1.70. The van der Waals surface area contributed by atoms with Gasteiger partial charge in [0.15, 0.2) is 11.0 Å². The summed E-state index contributed by atoms with van der Waals surface area (Å²) >= 11 is 1.52. The Kier molecular flexibility index (Phi) is 5.81. The lowest BCUT2D eigenvalue weighted by Gasteiger charge is -2.13. The number of esters is 1. The van der Waals surface area contributed by atoms with E-state index >= 15 is 0 Å². The smallest absolute Gasteiger partial charge is 0.340 e. The number of benzene rings is 2. The maximum atomic E-state index is 12.5. The molecular formula is C23H22N4O2S. The standard InChI is InChI=1S/C23H22N4O2S/c1-4-27-21(16-10-6-5-7-11-16)25-26-23(27)30-14-19-20(22(28)29-3)15(2)17-12-8-9-13-18(17)24-19/h5-13H,4,14H2,1-3H3. The second kappa shape index (κ2) is 8.67. The zero-order valence-electron chi connectivity index (χ0n) is 17.1. The van der Waals surface area contributed by atoms with Crippen LogP contribution in [-0.2, 0) is 17.0 Å². The van der Waals surface area contributed by atoms with E-state index in [-0.39, 0.29) is 5.97 Å². The lowest BCUT2D eigenvalue weighted by molar-refractivity contribution is 0.0598. The highest BCUT2D eigenvalue weighted by Crippen LogP contribution is 2.30. The van der Waals surface area contributed by atoms with Crippen molar-refractivity contribution in [3.8, 4) is 11.4 Å². The number of fused-ring (bicyclic) bond motifs is 1. The van der Waals surface area contributed by atoms with E-state index in [0.717, 1.165) is 39.6 Å². The zero-order valence-corrected chi connectivity index (χ0v) is 17.9. The van der Waals surface area contributed by atoms with Crippen LogP contribution in [0.1, 0.15) is 28.5 Å². The van der Waals surface area contributed by atoms with E-state index in [1.165, 1.54) is 18.9 Å². The van der Waals surface area contributed by atoms with Crippen LogP contribution in [0.15, 0.2) is 59.8 Å². The zero-order chi connectivity index (χ0) is 21.1. The summed E-state index contributed by atoms with van der Waals surface area (Å²) in [5, 5.41) is 10.5. The summed E-state index contributed by atoms with van der Waals surface area (Å²) in [5.41, 5.74) is 3.98. The Bertz CT molecular complexity index is 1200. The molecule has 2 heterocycles. The number of para-hydroxylation sites is 1. The first-order valence-electron chi connectivity index (χ1n) is 9.72. The van der Waals surface area contributed by atoms with Crippen LogP contribution in [0.4, 0.5) is 0 Å². The number of hydrogen-bond donors (Lipinski definition) is 0. The van der Waals surface area contributed by atoms with Gasteiger partial charge in [0, 0.05) is 23.2 Å². The van der Waals surface area contributed by atoms with Crippen molar-refractivity contribution < 1.29 is 9.53 Å². The summed E-state index contributed by atoms with van der Waals surface area (Å²) in [7, 11) is 1.40. The number of carbonyl (C=O) groups excluding carboxylic acids is 1. The molecule has 0 atom stereocenters. The van der Waals surface area contributed by atoms with E-state index in [1.807, 2.05) is 61.5 Å². The van der Waals surface area contributed by atoms with Gasteiger partial charge in [-0.05, 0) is 25.5 Å². The van der Waals surface area contributed by atoms with Crippen LogP contribution in [0.25, 0.3) is 22.3 Å². The molecule has 2 aromatic heterocycles. The van der Waals surface area contributed by atoms with Gasteiger partial charge >= 0.3 is 5.97 Å². The van der Waals surface area contributed by atoms with Crippen molar-refractivity contribution in [3.05, 3.63) is 71.4 Å². The van der Waals surface area contributed by atoms with Crippen LogP contribution in [0.3, 0.4) is 0 Å². The molecule has 0 radical (unpaired) electrons. The van der Waals surface area contributed by atoms with Crippen molar-refractivity contribution in [1.29, 1.82) is 0 Å². The number of nitrogens with zero attached hydrogens (tertiary/aromatic N) is 4. The first-order valence-corrected chi connectivity index (χ1v) is 10.7. The molecule has 0 N–H and O–H groups in total. The van der Waals surface area contributed by atoms with Gasteiger partial charge in [-0.25, -0.2) is 4.79 Å². The molecule has 0 aliphatic carbocycles. The second-order valence-electron chi connectivity index (χ2n) is 6.77. The van der Waals surface area contributed by atoms with Gasteiger partial charge in [0.2, 0.25) is 0 Å². The lowest BCUT2D eigenvalue weighted by Crippen LogP contribution is -2.10. The topological polar surface area (TPSA) is 69.9 Å². The third kappa shape index (κ3) is 3.68. The van der Waals surface area contributed by atoms with Crippen LogP contribution >= 0.6 is 11.8 Å². The van der Waals surface area contributed by atoms with Gasteiger partial charge in [-0.3, -0.25) is 4.98 Å². The Hall–Kier alpha value is -3.19. The Labute approximate surface area is 179 Å². The Morgan fingerprint density at radius 3 is 2.53 bits per heavy atom. The lowest BCUT2D eigenvalue weighted by atomic mass is 10.0. The number of pyridine rings is 1. The van der Waals surface area contributed by atoms with E-state index in [2.05, 4.69) is 21.7 Å². The van der Waals surface area contributed by atoms with Crippen molar-refractivity contribution in [2.24, 2.45) is 0 Å². The van der Waals surface area contributed by atoms with Crippen molar-refractivity contribution in [1.82, 2.24) is 19.7 Å². The normalized spacial score (nSPS) is 11.0. The van der Waals surface area contributed by atoms with Crippen molar-refractivity contribution in [2.45, 2.75) is 31.3 Å². The van der Waals surface area contributed by atoms with Gasteiger partial charge in [0.1, 0.15) is 0 Å². The molecule has 4 rings (SSSR count).